The smallest absolute Gasteiger partial charge is 0.330 e. The number of H-pyrrole nitrogens is 1. The highest BCUT2D eigenvalue weighted by atomic mass is 19.1. The zero-order valence-corrected chi connectivity index (χ0v) is 9.22. The van der Waals surface area contributed by atoms with E-state index >= 15 is 0 Å². The highest BCUT2D eigenvalue weighted by molar-refractivity contribution is 5.02. The van der Waals surface area contributed by atoms with E-state index in [-0.39, 0.29) is 13.0 Å². The molecule has 0 amide bonds. The summed E-state index contributed by atoms with van der Waals surface area (Å²) in [5.41, 5.74) is -0.918. The lowest BCUT2D eigenvalue weighted by atomic mass is 10.2. The Labute approximate surface area is 95.7 Å². The van der Waals surface area contributed by atoms with Gasteiger partial charge in [0.15, 0.2) is 6.23 Å². The molecule has 0 aromatic carbocycles. The minimum Gasteiger partial charge on any atom is -0.394 e. The van der Waals surface area contributed by atoms with Gasteiger partial charge in [-0.3, -0.25) is 14.3 Å². The van der Waals surface area contributed by atoms with Crippen LogP contribution in [0.25, 0.3) is 0 Å². The highest BCUT2D eigenvalue weighted by Crippen LogP contribution is 2.29. The minimum atomic E-state index is -1.38. The number of nitrogens with one attached hydrogen (secondary N) is 1. The molecular weight excluding hydrogens is 231 g/mol. The van der Waals surface area contributed by atoms with E-state index in [0.717, 1.165) is 4.57 Å². The number of aryl methyl sites for hydroxylation is 1. The Morgan fingerprint density at radius 2 is 2.35 bits per heavy atom. The van der Waals surface area contributed by atoms with E-state index in [9.17, 15) is 14.0 Å². The standard InChI is InChI=1S/C10H13FN2O4/c1-5-3-13(10(16)12-8(5)15)9-7(11)2-6(4-14)17-9/h3,6-7,9,14H,2,4H2,1H3,(H,12,15,16)/t6-,7?,9+/m0/s1. The van der Waals surface area contributed by atoms with Gasteiger partial charge in [-0.25, -0.2) is 9.18 Å². The van der Waals surface area contributed by atoms with Crippen molar-refractivity contribution in [2.24, 2.45) is 0 Å². The molecule has 3 atom stereocenters. The second-order valence-corrected chi connectivity index (χ2v) is 4.06. The van der Waals surface area contributed by atoms with Crippen molar-refractivity contribution in [3.8, 4) is 0 Å². The molecule has 2 heterocycles. The molecule has 1 aromatic heterocycles. The number of nitrogens with zero attached hydrogens (tertiary/aromatic N) is 1. The van der Waals surface area contributed by atoms with Gasteiger partial charge in [0.05, 0.1) is 12.7 Å². The fourth-order valence-electron chi connectivity index (χ4n) is 1.84. The Balaban J connectivity index is 2.38. The Morgan fingerprint density at radius 1 is 1.65 bits per heavy atom. The Morgan fingerprint density at radius 3 is 2.94 bits per heavy atom. The number of aliphatic hydroxyl groups excluding tert-OH is 1. The van der Waals surface area contributed by atoms with Gasteiger partial charge in [-0.1, -0.05) is 0 Å². The number of rotatable bonds is 2. The first-order valence-electron chi connectivity index (χ1n) is 5.25. The van der Waals surface area contributed by atoms with E-state index in [0.29, 0.717) is 5.56 Å². The summed E-state index contributed by atoms with van der Waals surface area (Å²) in [4.78, 5) is 24.8. The Bertz CT molecular complexity index is 524. The minimum absolute atomic E-state index is 0.0335. The molecule has 0 spiro atoms. The molecule has 1 aliphatic heterocycles. The maximum Gasteiger partial charge on any atom is 0.330 e. The number of ether oxygens (including phenoxy) is 1. The number of hydrogen-bond acceptors (Lipinski definition) is 4. The van der Waals surface area contributed by atoms with Crippen molar-refractivity contribution >= 4 is 0 Å². The molecule has 1 aliphatic rings. The topological polar surface area (TPSA) is 84.3 Å². The van der Waals surface area contributed by atoms with Crippen LogP contribution in [0.15, 0.2) is 15.8 Å². The molecule has 2 N–H and O–H groups in total. The normalized spacial score (nSPS) is 28.5. The number of aliphatic hydroxyl groups is 1. The van der Waals surface area contributed by atoms with Crippen LogP contribution in [0.1, 0.15) is 18.2 Å². The summed E-state index contributed by atoms with van der Waals surface area (Å²) in [6.45, 7) is 1.22. The van der Waals surface area contributed by atoms with Crippen molar-refractivity contribution in [1.29, 1.82) is 0 Å². The quantitative estimate of drug-likeness (QED) is 0.732. The van der Waals surface area contributed by atoms with Crippen molar-refractivity contribution in [2.45, 2.75) is 31.8 Å². The van der Waals surface area contributed by atoms with E-state index in [1.807, 2.05) is 0 Å². The first-order chi connectivity index (χ1) is 8.02. The van der Waals surface area contributed by atoms with Crippen molar-refractivity contribution in [3.63, 3.8) is 0 Å². The third-order valence-corrected chi connectivity index (χ3v) is 2.75. The van der Waals surface area contributed by atoms with Crippen molar-refractivity contribution in [2.75, 3.05) is 6.61 Å². The number of aromatic nitrogens is 2. The average molecular weight is 244 g/mol. The fraction of sp³-hybridized carbons (Fsp3) is 0.600. The van der Waals surface area contributed by atoms with Crippen LogP contribution in [-0.4, -0.2) is 33.5 Å². The first-order valence-corrected chi connectivity index (χ1v) is 5.25. The summed E-state index contributed by atoms with van der Waals surface area (Å²) < 4.78 is 19.8. The summed E-state index contributed by atoms with van der Waals surface area (Å²) in [6.07, 6.45) is -1.79. The molecule has 1 fully saturated rings. The fourth-order valence-corrected chi connectivity index (χ4v) is 1.84. The lowest BCUT2D eigenvalue weighted by Crippen LogP contribution is -2.35. The predicted molar refractivity (Wildman–Crippen MR) is 56.6 cm³/mol. The number of aromatic amines is 1. The third kappa shape index (κ3) is 2.16. The van der Waals surface area contributed by atoms with Gasteiger partial charge in [0.25, 0.3) is 5.56 Å². The molecule has 94 valence electrons. The summed E-state index contributed by atoms with van der Waals surface area (Å²) in [5.74, 6) is 0. The first kappa shape index (κ1) is 12.0. The third-order valence-electron chi connectivity index (χ3n) is 2.75. The van der Waals surface area contributed by atoms with E-state index in [1.54, 1.807) is 0 Å². The van der Waals surface area contributed by atoms with Crippen LogP contribution in [-0.2, 0) is 4.74 Å². The average Bonchev–Trinajstić information content (AvgIpc) is 2.65. The molecule has 0 bridgehead atoms. The van der Waals surface area contributed by atoms with Crippen LogP contribution in [0.3, 0.4) is 0 Å². The van der Waals surface area contributed by atoms with Gasteiger partial charge < -0.3 is 9.84 Å². The lowest BCUT2D eigenvalue weighted by molar-refractivity contribution is -0.0395. The van der Waals surface area contributed by atoms with Gasteiger partial charge >= 0.3 is 5.69 Å². The molecule has 1 saturated heterocycles. The zero-order chi connectivity index (χ0) is 12.6. The molecule has 1 aromatic rings. The Kier molecular flexibility index (Phi) is 3.12. The van der Waals surface area contributed by atoms with Gasteiger partial charge in [0.2, 0.25) is 0 Å². The summed E-state index contributed by atoms with van der Waals surface area (Å²) in [5, 5.41) is 8.88. The van der Waals surface area contributed by atoms with Gasteiger partial charge in [0, 0.05) is 18.2 Å². The van der Waals surface area contributed by atoms with Crippen molar-refractivity contribution in [3.05, 3.63) is 32.6 Å². The maximum absolute atomic E-state index is 13.6. The molecular formula is C10H13FN2O4. The van der Waals surface area contributed by atoms with Crippen LogP contribution < -0.4 is 11.2 Å². The molecule has 1 unspecified atom stereocenters. The van der Waals surface area contributed by atoms with E-state index < -0.39 is 29.8 Å². The second kappa shape index (κ2) is 4.42. The van der Waals surface area contributed by atoms with Crippen LogP contribution in [0.4, 0.5) is 4.39 Å². The van der Waals surface area contributed by atoms with E-state index in [4.69, 9.17) is 9.84 Å². The summed E-state index contributed by atoms with van der Waals surface area (Å²) in [7, 11) is 0. The Hall–Kier alpha value is -1.47. The molecule has 0 radical (unpaired) electrons. The van der Waals surface area contributed by atoms with E-state index in [1.165, 1.54) is 13.1 Å². The predicted octanol–water partition coefficient (Wildman–Crippen LogP) is -0.537. The number of hydrogen-bond donors (Lipinski definition) is 2. The van der Waals surface area contributed by atoms with Crippen LogP contribution in [0.2, 0.25) is 0 Å². The molecule has 6 nitrogen and oxygen atoms in total. The van der Waals surface area contributed by atoms with Gasteiger partial charge in [-0.05, 0) is 6.92 Å². The number of halogens is 1. The summed E-state index contributed by atoms with van der Waals surface area (Å²) in [6, 6.07) is 0. The van der Waals surface area contributed by atoms with Crippen molar-refractivity contribution < 1.29 is 14.2 Å². The van der Waals surface area contributed by atoms with Crippen LogP contribution in [0, 0.1) is 6.92 Å². The monoisotopic (exact) mass is 244 g/mol. The molecule has 0 saturated carbocycles. The SMILES string of the molecule is Cc1cn([C@@H]2O[C@H](CO)CC2F)c(=O)[nH]c1=O. The molecule has 2 rings (SSSR count). The van der Waals surface area contributed by atoms with Gasteiger partial charge in [0.1, 0.15) is 6.17 Å². The molecule has 0 aliphatic carbocycles. The largest absolute Gasteiger partial charge is 0.394 e. The zero-order valence-electron chi connectivity index (χ0n) is 9.22. The van der Waals surface area contributed by atoms with E-state index in [2.05, 4.69) is 4.98 Å². The van der Waals surface area contributed by atoms with Gasteiger partial charge in [-0.15, -0.1) is 0 Å². The van der Waals surface area contributed by atoms with Crippen LogP contribution in [0.5, 0.6) is 0 Å². The molecule has 7 heteroatoms. The highest BCUT2D eigenvalue weighted by Gasteiger charge is 2.36. The van der Waals surface area contributed by atoms with Gasteiger partial charge in [-0.2, -0.15) is 0 Å². The maximum atomic E-state index is 13.6. The number of alkyl halides is 1. The second-order valence-electron chi connectivity index (χ2n) is 4.06. The molecule has 17 heavy (non-hydrogen) atoms. The summed E-state index contributed by atoms with van der Waals surface area (Å²) >= 11 is 0. The lowest BCUT2D eigenvalue weighted by Gasteiger charge is -2.16. The van der Waals surface area contributed by atoms with Crippen LogP contribution >= 0.6 is 0 Å². The van der Waals surface area contributed by atoms with Crippen molar-refractivity contribution in [1.82, 2.24) is 9.55 Å².